The van der Waals surface area contributed by atoms with Crippen molar-refractivity contribution < 1.29 is 19.2 Å². The number of nitrogens with one attached hydrogen (secondary N) is 1. The highest BCUT2D eigenvalue weighted by Gasteiger charge is 2.24. The Bertz CT molecular complexity index is 808. The highest BCUT2D eigenvalue weighted by Crippen LogP contribution is 2.33. The van der Waals surface area contributed by atoms with Gasteiger partial charge in [-0.3, -0.25) is 0 Å². The normalized spacial score (nSPS) is 17.1. The first-order valence-electron chi connectivity index (χ1n) is 10.6. The van der Waals surface area contributed by atoms with E-state index in [1.54, 1.807) is 0 Å². The summed E-state index contributed by atoms with van der Waals surface area (Å²) in [6, 6.07) is 4.09. The molecule has 0 bridgehead atoms. The summed E-state index contributed by atoms with van der Waals surface area (Å²) in [4.78, 5) is 12.5. The molecule has 2 N–H and O–H groups in total. The number of amides is 1. The third kappa shape index (κ3) is 5.85. The number of ether oxygens (including phenoxy) is 1. The number of piperidine rings is 1. The molecule has 1 saturated carbocycles. The van der Waals surface area contributed by atoms with Crippen LogP contribution in [0, 0.1) is 18.8 Å². The van der Waals surface area contributed by atoms with Crippen LogP contribution in [0.4, 0.5) is 4.79 Å². The van der Waals surface area contributed by atoms with Crippen LogP contribution in [-0.2, 0) is 6.42 Å². The second-order valence-corrected chi connectivity index (χ2v) is 8.25. The molecule has 2 aromatic rings. The zero-order valence-electron chi connectivity index (χ0n) is 17.7. The number of aryl methyl sites for hydroxylation is 2. The average Bonchev–Trinajstić information content (AvgIpc) is 3.46. The first kappa shape index (κ1) is 21.4. The van der Waals surface area contributed by atoms with E-state index in [-0.39, 0.29) is 0 Å². The van der Waals surface area contributed by atoms with E-state index in [1.165, 1.54) is 17.7 Å². The highest BCUT2D eigenvalue weighted by atomic mass is 16.5. The zero-order valence-corrected chi connectivity index (χ0v) is 17.7. The van der Waals surface area contributed by atoms with Gasteiger partial charge in [0.05, 0.1) is 12.3 Å². The summed E-state index contributed by atoms with van der Waals surface area (Å²) in [6.07, 6.45) is 5.50. The van der Waals surface area contributed by atoms with Gasteiger partial charge < -0.3 is 24.6 Å². The van der Waals surface area contributed by atoms with Crippen LogP contribution in [0.5, 0.6) is 5.75 Å². The van der Waals surface area contributed by atoms with Crippen molar-refractivity contribution in [2.45, 2.75) is 45.4 Å². The van der Waals surface area contributed by atoms with Crippen LogP contribution in [0.1, 0.15) is 43.4 Å². The molecule has 7 heteroatoms. The van der Waals surface area contributed by atoms with Crippen LogP contribution < -0.4 is 10.1 Å². The number of hydrogen-bond acceptors (Lipinski definition) is 5. The van der Waals surface area contributed by atoms with Crippen LogP contribution >= 0.6 is 0 Å². The van der Waals surface area contributed by atoms with Gasteiger partial charge in [0.1, 0.15) is 5.75 Å². The Balaban J connectivity index is 0.000000755. The maximum atomic E-state index is 11.0. The van der Waals surface area contributed by atoms with E-state index in [2.05, 4.69) is 23.5 Å². The van der Waals surface area contributed by atoms with E-state index < -0.39 is 6.09 Å². The van der Waals surface area contributed by atoms with Crippen LogP contribution in [0.2, 0.25) is 0 Å². The minimum absolute atomic E-state index is 0.555. The van der Waals surface area contributed by atoms with Gasteiger partial charge in [-0.2, -0.15) is 0 Å². The lowest BCUT2D eigenvalue weighted by Gasteiger charge is -2.29. The van der Waals surface area contributed by atoms with Crippen molar-refractivity contribution in [1.82, 2.24) is 15.4 Å². The highest BCUT2D eigenvalue weighted by molar-refractivity contribution is 5.82. The second-order valence-electron chi connectivity index (χ2n) is 8.25. The van der Waals surface area contributed by atoms with Crippen LogP contribution in [0.15, 0.2) is 16.7 Å². The lowest BCUT2D eigenvalue weighted by Crippen LogP contribution is -2.37. The number of carboxylic acid groups (broad SMARTS) is 1. The number of nitrogens with zero attached hydrogens (tertiary/aromatic N) is 2. The van der Waals surface area contributed by atoms with E-state index in [0.717, 1.165) is 66.2 Å². The van der Waals surface area contributed by atoms with Crippen LogP contribution in [0.25, 0.3) is 11.0 Å². The SMILES string of the molecule is CNC.Cc1cc2c(CCC3CCN(C(=O)O)CC3)noc2cc1OCC1CC1. The standard InChI is InChI=1S/C20H26N2O4.C2H7N/c1-13-10-16-17(5-4-14-6-8-22(9-7-14)20(23)24)21-26-19(16)11-18(13)25-12-15-2-3-15;1-3-2/h10-11,14-15H,2-9,12H2,1H3,(H,23,24);3H,1-2H3. The fourth-order valence-corrected chi connectivity index (χ4v) is 3.71. The maximum absolute atomic E-state index is 11.0. The van der Waals surface area contributed by atoms with Crippen molar-refractivity contribution in [3.8, 4) is 5.75 Å². The third-order valence-electron chi connectivity index (χ3n) is 5.69. The van der Waals surface area contributed by atoms with Gasteiger partial charge in [-0.05, 0) is 83.0 Å². The first-order valence-corrected chi connectivity index (χ1v) is 10.6. The predicted molar refractivity (Wildman–Crippen MR) is 113 cm³/mol. The van der Waals surface area contributed by atoms with Crippen LogP contribution in [0.3, 0.4) is 0 Å². The molecule has 0 spiro atoms. The van der Waals surface area contributed by atoms with Crippen molar-refractivity contribution in [2.24, 2.45) is 11.8 Å². The second kappa shape index (κ2) is 9.96. The monoisotopic (exact) mass is 403 g/mol. The number of fused-ring (bicyclic) bond motifs is 1. The van der Waals surface area contributed by atoms with Gasteiger partial charge in [-0.25, -0.2) is 4.79 Å². The van der Waals surface area contributed by atoms with Crippen molar-refractivity contribution in [3.63, 3.8) is 0 Å². The lowest BCUT2D eigenvalue weighted by atomic mass is 9.91. The Kier molecular flexibility index (Phi) is 7.36. The van der Waals surface area contributed by atoms with E-state index in [1.807, 2.05) is 20.2 Å². The number of hydrogen-bond donors (Lipinski definition) is 2. The van der Waals surface area contributed by atoms with Crippen molar-refractivity contribution in [2.75, 3.05) is 33.8 Å². The quantitative estimate of drug-likeness (QED) is 0.755. The minimum atomic E-state index is -0.805. The van der Waals surface area contributed by atoms with Gasteiger partial charge in [0.25, 0.3) is 0 Å². The van der Waals surface area contributed by atoms with Gasteiger partial charge in [0, 0.05) is 24.5 Å². The smallest absolute Gasteiger partial charge is 0.407 e. The van der Waals surface area contributed by atoms with Crippen molar-refractivity contribution >= 4 is 17.1 Å². The van der Waals surface area contributed by atoms with E-state index >= 15 is 0 Å². The molecule has 4 rings (SSSR count). The summed E-state index contributed by atoms with van der Waals surface area (Å²) in [5.74, 6) is 2.18. The molecule has 1 aliphatic heterocycles. The summed E-state index contributed by atoms with van der Waals surface area (Å²) < 4.78 is 11.5. The largest absolute Gasteiger partial charge is 0.493 e. The van der Waals surface area contributed by atoms with Crippen molar-refractivity contribution in [1.29, 1.82) is 0 Å². The molecule has 1 saturated heterocycles. The Labute approximate surface area is 172 Å². The van der Waals surface area contributed by atoms with E-state index in [4.69, 9.17) is 14.4 Å². The lowest BCUT2D eigenvalue weighted by molar-refractivity contribution is 0.123. The fraction of sp³-hybridized carbons (Fsp3) is 0.636. The van der Waals surface area contributed by atoms with Crippen molar-refractivity contribution in [3.05, 3.63) is 23.4 Å². The number of likely N-dealkylation sites (tertiary alicyclic amines) is 1. The number of rotatable bonds is 6. The Morgan fingerprint density at radius 2 is 1.93 bits per heavy atom. The maximum Gasteiger partial charge on any atom is 0.407 e. The van der Waals surface area contributed by atoms with E-state index in [0.29, 0.717) is 19.0 Å². The average molecular weight is 404 g/mol. The molecule has 2 fully saturated rings. The fourth-order valence-electron chi connectivity index (χ4n) is 3.71. The Morgan fingerprint density at radius 1 is 1.24 bits per heavy atom. The minimum Gasteiger partial charge on any atom is -0.493 e. The molecule has 1 aromatic carbocycles. The zero-order chi connectivity index (χ0) is 20.8. The topological polar surface area (TPSA) is 87.8 Å². The number of aromatic nitrogens is 1. The molecule has 1 amide bonds. The Morgan fingerprint density at radius 3 is 2.55 bits per heavy atom. The predicted octanol–water partition coefficient (Wildman–Crippen LogP) is 4.08. The molecule has 2 aliphatic rings. The molecule has 0 radical (unpaired) electrons. The summed E-state index contributed by atoms with van der Waals surface area (Å²) in [6.45, 7) is 4.14. The molecule has 29 heavy (non-hydrogen) atoms. The molecule has 0 unspecified atom stereocenters. The van der Waals surface area contributed by atoms with Gasteiger partial charge in [-0.15, -0.1) is 0 Å². The van der Waals surface area contributed by atoms with Gasteiger partial charge >= 0.3 is 6.09 Å². The molecule has 160 valence electrons. The molecular weight excluding hydrogens is 370 g/mol. The third-order valence-corrected chi connectivity index (χ3v) is 5.69. The Hall–Kier alpha value is -2.28. The summed E-state index contributed by atoms with van der Waals surface area (Å²) >= 11 is 0. The molecular formula is C22H33N3O4. The molecule has 0 atom stereocenters. The van der Waals surface area contributed by atoms with Gasteiger partial charge in [0.15, 0.2) is 5.58 Å². The van der Waals surface area contributed by atoms with E-state index in [9.17, 15) is 4.79 Å². The van der Waals surface area contributed by atoms with Crippen LogP contribution in [-0.4, -0.2) is 55.0 Å². The number of benzene rings is 1. The molecule has 1 aromatic heterocycles. The van der Waals surface area contributed by atoms with Gasteiger partial charge in [0.2, 0.25) is 0 Å². The summed E-state index contributed by atoms with van der Waals surface area (Å²) in [7, 11) is 3.75. The molecule has 7 nitrogen and oxygen atoms in total. The molecule has 1 aliphatic carbocycles. The first-order chi connectivity index (χ1) is 14.0. The van der Waals surface area contributed by atoms with Gasteiger partial charge in [-0.1, -0.05) is 5.16 Å². The summed E-state index contributed by atoms with van der Waals surface area (Å²) in [5, 5.41) is 17.1. The molecule has 2 heterocycles. The number of carbonyl (C=O) groups is 1. The summed E-state index contributed by atoms with van der Waals surface area (Å²) in [5.41, 5.74) is 2.91.